The minimum atomic E-state index is -4.10. The van der Waals surface area contributed by atoms with Gasteiger partial charge in [0.2, 0.25) is 27.7 Å². The Bertz CT molecular complexity index is 1290. The van der Waals surface area contributed by atoms with Crippen molar-refractivity contribution in [3.05, 3.63) is 35.4 Å². The van der Waals surface area contributed by atoms with Crippen LogP contribution in [0.1, 0.15) is 50.4 Å². The SMILES string of the molecule is COc1ncnc(OC)c1-n1c(NS(=O)(=O)[C@@H](C)[C@H](OC)c2ncc(Cl)cn2)nnc1C1CC(C)C1. The smallest absolute Gasteiger partial charge is 0.245 e. The molecule has 1 N–H and O–H groups in total. The van der Waals surface area contributed by atoms with E-state index in [1.165, 1.54) is 47.0 Å². The maximum Gasteiger partial charge on any atom is 0.245 e. The molecule has 1 saturated carbocycles. The number of methoxy groups -OCH3 is 3. The maximum absolute atomic E-state index is 13.5. The molecular formula is C21H27ClN8O5S. The lowest BCUT2D eigenvalue weighted by Crippen LogP contribution is -2.33. The second-order valence-corrected chi connectivity index (χ2v) is 11.0. The first-order chi connectivity index (χ1) is 17.2. The summed E-state index contributed by atoms with van der Waals surface area (Å²) in [4.78, 5) is 16.6. The molecule has 0 amide bonds. The highest BCUT2D eigenvalue weighted by Gasteiger charge is 2.38. The average molecular weight is 539 g/mol. The Hall–Kier alpha value is -3.10. The van der Waals surface area contributed by atoms with Gasteiger partial charge in [-0.05, 0) is 25.7 Å². The number of aromatic nitrogens is 7. The molecule has 3 aromatic rings. The van der Waals surface area contributed by atoms with Crippen molar-refractivity contribution < 1.29 is 22.6 Å². The van der Waals surface area contributed by atoms with Crippen molar-refractivity contribution in [2.45, 2.75) is 44.0 Å². The summed E-state index contributed by atoms with van der Waals surface area (Å²) in [6, 6.07) is 0. The van der Waals surface area contributed by atoms with E-state index in [9.17, 15) is 8.42 Å². The minimum absolute atomic E-state index is 0.0605. The molecule has 0 aromatic carbocycles. The van der Waals surface area contributed by atoms with Gasteiger partial charge in [0, 0.05) is 25.4 Å². The Morgan fingerprint density at radius 2 is 1.67 bits per heavy atom. The Morgan fingerprint density at radius 3 is 2.19 bits per heavy atom. The lowest BCUT2D eigenvalue weighted by molar-refractivity contribution is 0.0950. The molecule has 0 spiro atoms. The van der Waals surface area contributed by atoms with Crippen molar-refractivity contribution in [1.29, 1.82) is 0 Å². The van der Waals surface area contributed by atoms with Gasteiger partial charge in [-0.25, -0.2) is 18.4 Å². The minimum Gasteiger partial charge on any atom is -0.479 e. The van der Waals surface area contributed by atoms with Crippen LogP contribution >= 0.6 is 11.6 Å². The van der Waals surface area contributed by atoms with E-state index in [-0.39, 0.29) is 35.1 Å². The molecule has 0 unspecified atom stereocenters. The van der Waals surface area contributed by atoms with Crippen LogP contribution in [0.2, 0.25) is 5.02 Å². The zero-order chi connectivity index (χ0) is 26.0. The molecule has 4 rings (SSSR count). The van der Waals surface area contributed by atoms with Gasteiger partial charge in [0.05, 0.1) is 19.2 Å². The lowest BCUT2D eigenvalue weighted by atomic mass is 9.75. The second-order valence-electron chi connectivity index (χ2n) is 8.50. The number of nitrogens with zero attached hydrogens (tertiary/aromatic N) is 7. The normalized spacial score (nSPS) is 19.3. The molecule has 3 heterocycles. The van der Waals surface area contributed by atoms with Crippen molar-refractivity contribution >= 4 is 27.6 Å². The third-order valence-electron chi connectivity index (χ3n) is 6.09. The molecule has 0 aliphatic heterocycles. The molecule has 2 atom stereocenters. The molecule has 0 bridgehead atoms. The van der Waals surface area contributed by atoms with Gasteiger partial charge in [0.1, 0.15) is 23.5 Å². The second kappa shape index (κ2) is 10.5. The third-order valence-corrected chi connectivity index (χ3v) is 7.98. The van der Waals surface area contributed by atoms with E-state index in [0.717, 1.165) is 12.8 Å². The molecule has 36 heavy (non-hydrogen) atoms. The molecule has 1 aliphatic carbocycles. The van der Waals surface area contributed by atoms with Crippen molar-refractivity contribution in [2.75, 3.05) is 26.1 Å². The van der Waals surface area contributed by atoms with Gasteiger partial charge in [0.25, 0.3) is 0 Å². The highest BCUT2D eigenvalue weighted by molar-refractivity contribution is 7.93. The number of hydrogen-bond donors (Lipinski definition) is 1. The van der Waals surface area contributed by atoms with Crippen LogP contribution in [-0.4, -0.2) is 69.7 Å². The molecular weight excluding hydrogens is 512 g/mol. The number of nitrogens with one attached hydrogen (secondary N) is 1. The molecule has 0 radical (unpaired) electrons. The summed E-state index contributed by atoms with van der Waals surface area (Å²) in [6.45, 7) is 3.62. The first-order valence-corrected chi connectivity index (χ1v) is 13.0. The van der Waals surface area contributed by atoms with Crippen molar-refractivity contribution in [1.82, 2.24) is 34.7 Å². The van der Waals surface area contributed by atoms with E-state index in [1.807, 2.05) is 0 Å². The van der Waals surface area contributed by atoms with Crippen LogP contribution in [0.3, 0.4) is 0 Å². The van der Waals surface area contributed by atoms with Crippen LogP contribution in [0.25, 0.3) is 5.69 Å². The summed E-state index contributed by atoms with van der Waals surface area (Å²) < 4.78 is 47.4. The third kappa shape index (κ3) is 4.92. The summed E-state index contributed by atoms with van der Waals surface area (Å²) >= 11 is 5.87. The number of anilines is 1. The number of halogens is 1. The van der Waals surface area contributed by atoms with Gasteiger partial charge in [-0.15, -0.1) is 10.2 Å². The van der Waals surface area contributed by atoms with Gasteiger partial charge >= 0.3 is 0 Å². The largest absolute Gasteiger partial charge is 0.479 e. The summed E-state index contributed by atoms with van der Waals surface area (Å²) in [5.41, 5.74) is 0.289. The van der Waals surface area contributed by atoms with Crippen LogP contribution in [0.5, 0.6) is 11.8 Å². The van der Waals surface area contributed by atoms with Crippen LogP contribution in [-0.2, 0) is 14.8 Å². The Morgan fingerprint density at radius 1 is 1.06 bits per heavy atom. The highest BCUT2D eigenvalue weighted by Crippen LogP contribution is 2.43. The molecule has 13 nitrogen and oxygen atoms in total. The Kier molecular flexibility index (Phi) is 7.57. The molecule has 15 heteroatoms. The lowest BCUT2D eigenvalue weighted by Gasteiger charge is -2.32. The monoisotopic (exact) mass is 538 g/mol. The van der Waals surface area contributed by atoms with E-state index in [4.69, 9.17) is 25.8 Å². The van der Waals surface area contributed by atoms with Crippen LogP contribution < -0.4 is 14.2 Å². The van der Waals surface area contributed by atoms with E-state index in [2.05, 4.69) is 41.8 Å². The van der Waals surface area contributed by atoms with E-state index in [0.29, 0.717) is 16.8 Å². The Balaban J connectivity index is 1.76. The topological polar surface area (TPSA) is 156 Å². The summed E-state index contributed by atoms with van der Waals surface area (Å²) in [6.07, 6.45) is 4.81. The maximum atomic E-state index is 13.5. The fourth-order valence-electron chi connectivity index (χ4n) is 4.16. The van der Waals surface area contributed by atoms with Gasteiger partial charge < -0.3 is 14.2 Å². The van der Waals surface area contributed by atoms with Gasteiger partial charge in [0.15, 0.2) is 11.5 Å². The Labute approximate surface area is 213 Å². The molecule has 1 aliphatic rings. The van der Waals surface area contributed by atoms with Crippen LogP contribution in [0, 0.1) is 5.92 Å². The zero-order valence-electron chi connectivity index (χ0n) is 20.4. The number of sulfonamides is 1. The first kappa shape index (κ1) is 26.0. The van der Waals surface area contributed by atoms with Crippen LogP contribution in [0.4, 0.5) is 5.95 Å². The molecule has 0 saturated heterocycles. The van der Waals surface area contributed by atoms with Gasteiger partial charge in [-0.1, -0.05) is 18.5 Å². The van der Waals surface area contributed by atoms with Crippen molar-refractivity contribution in [3.8, 4) is 17.4 Å². The molecule has 1 fully saturated rings. The van der Waals surface area contributed by atoms with Crippen LogP contribution in [0.15, 0.2) is 18.7 Å². The summed E-state index contributed by atoms with van der Waals surface area (Å²) in [5.74, 6) is 1.58. The molecule has 3 aromatic heterocycles. The standard InChI is InChI=1S/C21H27ClN8O5S/c1-11-6-13(7-11)18-27-28-21(30(18)15-19(34-4)25-10-26-20(15)35-5)29-36(31,32)12(2)16(33-3)17-23-8-14(22)9-24-17/h8-13,16H,6-7H2,1-5H3,(H,28,29)/t11?,12-,13?,16-/m0/s1. The van der Waals surface area contributed by atoms with E-state index in [1.54, 1.807) is 4.57 Å². The molecule has 194 valence electrons. The highest BCUT2D eigenvalue weighted by atomic mass is 35.5. The predicted octanol–water partition coefficient (Wildman–Crippen LogP) is 2.55. The van der Waals surface area contributed by atoms with Gasteiger partial charge in [-0.2, -0.15) is 9.97 Å². The quantitative estimate of drug-likeness (QED) is 0.404. The van der Waals surface area contributed by atoms with E-state index < -0.39 is 21.4 Å². The summed E-state index contributed by atoms with van der Waals surface area (Å²) in [5, 5.41) is 7.71. The average Bonchev–Trinajstić information content (AvgIpc) is 3.24. The number of rotatable bonds is 10. The number of ether oxygens (including phenoxy) is 3. The van der Waals surface area contributed by atoms with E-state index >= 15 is 0 Å². The zero-order valence-corrected chi connectivity index (χ0v) is 22.0. The first-order valence-electron chi connectivity index (χ1n) is 11.1. The van der Waals surface area contributed by atoms with Crippen molar-refractivity contribution in [3.63, 3.8) is 0 Å². The fraction of sp³-hybridized carbons (Fsp3) is 0.524. The fourth-order valence-corrected chi connectivity index (χ4v) is 5.39. The summed E-state index contributed by atoms with van der Waals surface area (Å²) in [7, 11) is 0.174. The number of hydrogen-bond acceptors (Lipinski definition) is 11. The van der Waals surface area contributed by atoms with Gasteiger partial charge in [-0.3, -0.25) is 9.29 Å². The van der Waals surface area contributed by atoms with Crippen molar-refractivity contribution in [2.24, 2.45) is 5.92 Å². The predicted molar refractivity (Wildman–Crippen MR) is 130 cm³/mol.